The van der Waals surface area contributed by atoms with Crippen LogP contribution in [-0.4, -0.2) is 64.6 Å². The summed E-state index contributed by atoms with van der Waals surface area (Å²) in [5.74, 6) is 4.88. The van der Waals surface area contributed by atoms with Gasteiger partial charge in [0, 0.05) is 62.2 Å². The lowest BCUT2D eigenvalue weighted by molar-refractivity contribution is 0.411. The van der Waals surface area contributed by atoms with Crippen LogP contribution in [0.25, 0.3) is 26.7 Å². The Morgan fingerprint density at radius 3 is 2.58 bits per heavy atom. The second-order valence-corrected chi connectivity index (χ2v) is 14.7. The van der Waals surface area contributed by atoms with E-state index >= 15 is 0 Å². The van der Waals surface area contributed by atoms with Gasteiger partial charge >= 0.3 is 0 Å². The molecule has 5 aromatic heterocycles. The highest BCUT2D eigenvalue weighted by atomic mass is 32.2. The highest BCUT2D eigenvalue weighted by Crippen LogP contribution is 2.32. The molecule has 0 bridgehead atoms. The Morgan fingerprint density at radius 2 is 1.86 bits per heavy atom. The monoisotopic (exact) mass is 626 g/mol. The number of hydrogen-bond acceptors (Lipinski definition) is 11. The molecule has 7 rings (SSSR count). The summed E-state index contributed by atoms with van der Waals surface area (Å²) in [7, 11) is -0.666. The normalized spacial score (nSPS) is 16.8. The lowest BCUT2D eigenvalue weighted by atomic mass is 9.98. The van der Waals surface area contributed by atoms with Crippen molar-refractivity contribution in [2.75, 3.05) is 25.5 Å². The third-order valence-corrected chi connectivity index (χ3v) is 11.9. The second kappa shape index (κ2) is 11.1. The number of nitrogens with one attached hydrogen (secondary N) is 1. The molecule has 6 aromatic rings. The summed E-state index contributed by atoms with van der Waals surface area (Å²) in [4.78, 5) is 39.0. The molecule has 1 saturated heterocycles. The molecule has 13 heteroatoms. The number of thiazole rings is 2. The molecule has 2 unspecified atom stereocenters. The van der Waals surface area contributed by atoms with Crippen molar-refractivity contribution in [3.8, 4) is 15.7 Å². The second-order valence-electron chi connectivity index (χ2n) is 10.3. The minimum absolute atomic E-state index is 0.335. The standard InChI is InChI=1S/C30H26N8O2S3/c1-37-13-9-20(18-37)19-3-5-22(6-4-19)35-29-34-16-21-15-24(28(39)38(26(21)36-29)30-32-12-14-41-30)27-33-17-25(42-27)43(2,40)23-7-10-31-11-8-23/h3-8,10-12,14-17,20H,2,9,13,18H2,1H3,(H,34,35,36). The van der Waals surface area contributed by atoms with E-state index in [1.54, 1.807) is 48.4 Å². The molecule has 1 fully saturated rings. The Labute approximate surface area is 255 Å². The molecule has 0 aliphatic carbocycles. The van der Waals surface area contributed by atoms with Crippen LogP contribution in [0, 0.1) is 0 Å². The number of hydrogen-bond donors (Lipinski definition) is 1. The minimum atomic E-state index is -2.82. The number of nitrogens with zero attached hydrogens (tertiary/aromatic N) is 7. The summed E-state index contributed by atoms with van der Waals surface area (Å²) in [6.07, 6.45) is 9.15. The van der Waals surface area contributed by atoms with Crippen LogP contribution in [0.2, 0.25) is 0 Å². The number of pyridine rings is 2. The van der Waals surface area contributed by atoms with Gasteiger partial charge in [-0.3, -0.25) is 14.0 Å². The first kappa shape index (κ1) is 27.5. The van der Waals surface area contributed by atoms with E-state index in [4.69, 9.17) is 4.98 Å². The summed E-state index contributed by atoms with van der Waals surface area (Å²) in [6.45, 7) is 2.18. The smallest absolute Gasteiger partial charge is 0.268 e. The molecular formula is C30H26N8O2S3. The van der Waals surface area contributed by atoms with Crippen LogP contribution in [0.3, 0.4) is 0 Å². The summed E-state index contributed by atoms with van der Waals surface area (Å²) in [6, 6.07) is 13.4. The zero-order chi connectivity index (χ0) is 29.6. The van der Waals surface area contributed by atoms with Crippen LogP contribution in [0.1, 0.15) is 17.9 Å². The zero-order valence-corrected chi connectivity index (χ0v) is 25.5. The topological polar surface area (TPSA) is 119 Å². The Hall–Kier alpha value is -4.30. The minimum Gasteiger partial charge on any atom is -0.324 e. The molecule has 0 spiro atoms. The lowest BCUT2D eigenvalue weighted by Gasteiger charge is -2.13. The number of fused-ring (bicyclic) bond motifs is 1. The number of benzene rings is 1. The van der Waals surface area contributed by atoms with E-state index in [0.29, 0.717) is 47.7 Å². The van der Waals surface area contributed by atoms with Crippen LogP contribution in [0.5, 0.6) is 0 Å². The largest absolute Gasteiger partial charge is 0.324 e. The van der Waals surface area contributed by atoms with Gasteiger partial charge in [0.25, 0.3) is 5.56 Å². The van der Waals surface area contributed by atoms with Crippen LogP contribution >= 0.6 is 22.7 Å². The van der Waals surface area contributed by atoms with E-state index in [1.807, 2.05) is 12.1 Å². The maximum atomic E-state index is 14.0. The first-order valence-corrected chi connectivity index (χ1v) is 16.9. The molecule has 0 saturated carbocycles. The van der Waals surface area contributed by atoms with E-state index < -0.39 is 9.52 Å². The fourth-order valence-corrected chi connectivity index (χ4v) is 8.58. The van der Waals surface area contributed by atoms with Gasteiger partial charge in [-0.15, -0.1) is 22.7 Å². The van der Waals surface area contributed by atoms with Crippen molar-refractivity contribution in [2.45, 2.75) is 21.4 Å². The van der Waals surface area contributed by atoms with Gasteiger partial charge in [-0.25, -0.2) is 19.5 Å². The zero-order valence-electron chi connectivity index (χ0n) is 23.1. The van der Waals surface area contributed by atoms with Crippen molar-refractivity contribution in [1.29, 1.82) is 0 Å². The molecule has 0 amide bonds. The van der Waals surface area contributed by atoms with Gasteiger partial charge in [0.1, 0.15) is 9.22 Å². The fraction of sp³-hybridized carbons (Fsp3) is 0.167. The number of aromatic nitrogens is 6. The SMILES string of the molecule is C=S(=O)(c1ccncc1)c1cnc(-c2cc3cnc(Nc4ccc(C5CCN(C)C5)cc4)nc3n(-c3nccs3)c2=O)s1. The third kappa shape index (κ3) is 5.25. The highest BCUT2D eigenvalue weighted by Gasteiger charge is 2.22. The Kier molecular flexibility index (Phi) is 7.09. The molecule has 10 nitrogen and oxygen atoms in total. The van der Waals surface area contributed by atoms with E-state index in [2.05, 4.69) is 55.2 Å². The summed E-state index contributed by atoms with van der Waals surface area (Å²) in [5, 5.41) is 6.62. The Bertz CT molecular complexity index is 2090. The van der Waals surface area contributed by atoms with Gasteiger partial charge in [0.05, 0.1) is 11.8 Å². The number of likely N-dealkylation sites (tertiary alicyclic amines) is 1. The van der Waals surface area contributed by atoms with Gasteiger partial charge in [0.2, 0.25) is 5.95 Å². The van der Waals surface area contributed by atoms with Gasteiger partial charge < -0.3 is 10.2 Å². The maximum Gasteiger partial charge on any atom is 0.268 e. The fourth-order valence-electron chi connectivity index (χ4n) is 5.20. The van der Waals surface area contributed by atoms with Crippen molar-refractivity contribution in [3.05, 3.63) is 94.7 Å². The summed E-state index contributed by atoms with van der Waals surface area (Å²) in [5.41, 5.74) is 2.59. The van der Waals surface area contributed by atoms with Crippen molar-refractivity contribution < 1.29 is 4.21 Å². The molecule has 1 aliphatic heterocycles. The number of likely N-dealkylation sites (N-methyl/N-ethyl adjacent to an activating group) is 1. The van der Waals surface area contributed by atoms with Crippen LogP contribution < -0.4 is 10.9 Å². The molecule has 2 atom stereocenters. The van der Waals surface area contributed by atoms with Gasteiger partial charge in [-0.1, -0.05) is 12.1 Å². The van der Waals surface area contributed by atoms with Crippen LogP contribution in [-0.2, 0) is 9.52 Å². The first-order chi connectivity index (χ1) is 20.9. The molecule has 1 aromatic carbocycles. The summed E-state index contributed by atoms with van der Waals surface area (Å²) < 4.78 is 15.5. The van der Waals surface area contributed by atoms with Gasteiger partial charge in [-0.05, 0) is 67.7 Å². The number of rotatable bonds is 7. The van der Waals surface area contributed by atoms with E-state index in [9.17, 15) is 9.00 Å². The molecule has 43 heavy (non-hydrogen) atoms. The molecule has 1 aliphatic rings. The average molecular weight is 627 g/mol. The predicted molar refractivity (Wildman–Crippen MR) is 173 cm³/mol. The van der Waals surface area contributed by atoms with Crippen molar-refractivity contribution in [2.24, 2.45) is 0 Å². The highest BCUT2D eigenvalue weighted by molar-refractivity contribution is 8.02. The van der Waals surface area contributed by atoms with Crippen LogP contribution in [0.4, 0.5) is 11.6 Å². The van der Waals surface area contributed by atoms with Gasteiger partial charge in [-0.2, -0.15) is 4.98 Å². The average Bonchev–Trinajstić information content (AvgIpc) is 3.81. The molecular weight excluding hydrogens is 601 g/mol. The van der Waals surface area contributed by atoms with E-state index in [-0.39, 0.29) is 5.56 Å². The molecule has 1 N–H and O–H groups in total. The molecule has 6 heterocycles. The molecule has 216 valence electrons. The maximum absolute atomic E-state index is 14.0. The van der Waals surface area contributed by atoms with Crippen molar-refractivity contribution >= 4 is 60.7 Å². The van der Waals surface area contributed by atoms with E-state index in [1.165, 1.54) is 39.0 Å². The first-order valence-electron chi connectivity index (χ1n) is 13.5. The Balaban J connectivity index is 1.25. The summed E-state index contributed by atoms with van der Waals surface area (Å²) >= 11 is 2.50. The third-order valence-electron chi connectivity index (χ3n) is 7.45. The number of anilines is 2. The van der Waals surface area contributed by atoms with Gasteiger partial charge in [0.15, 0.2) is 10.8 Å². The van der Waals surface area contributed by atoms with E-state index in [0.717, 1.165) is 25.2 Å². The lowest BCUT2D eigenvalue weighted by Crippen LogP contribution is -2.21. The van der Waals surface area contributed by atoms with Crippen molar-refractivity contribution in [1.82, 2.24) is 34.4 Å². The quantitative estimate of drug-likeness (QED) is 0.243. The Morgan fingerprint density at radius 1 is 1.05 bits per heavy atom. The molecule has 0 radical (unpaired) electrons. The predicted octanol–water partition coefficient (Wildman–Crippen LogP) is 5.05. The van der Waals surface area contributed by atoms with Crippen molar-refractivity contribution in [3.63, 3.8) is 0 Å². The van der Waals surface area contributed by atoms with Crippen LogP contribution in [0.15, 0.2) is 92.7 Å².